The lowest BCUT2D eigenvalue weighted by Gasteiger charge is -2.24. The SMILES string of the molecule is C=C(C)N(N)/C(=C\C(C)C(F)F)c1ccc(CCNC(=O)OC)cc1.C=C/C(=C\C)OC. The van der Waals surface area contributed by atoms with Crippen molar-refractivity contribution in [1.29, 1.82) is 0 Å². The Kier molecular flexibility index (Phi) is 14.1. The molecule has 3 N–H and O–H groups in total. The van der Waals surface area contributed by atoms with E-state index in [9.17, 15) is 13.6 Å². The Morgan fingerprint density at radius 1 is 1.25 bits per heavy atom. The second kappa shape index (κ2) is 15.6. The number of allylic oxidation sites excluding steroid dienone is 4. The minimum atomic E-state index is -2.47. The Bertz CT molecular complexity index is 790. The Hall–Kier alpha value is -3.13. The number of nitrogens with zero attached hydrogens (tertiary/aromatic N) is 1. The van der Waals surface area contributed by atoms with Crippen LogP contribution in [0.1, 0.15) is 31.9 Å². The molecule has 1 aromatic carbocycles. The number of nitrogens with one attached hydrogen (secondary N) is 1. The molecule has 0 aliphatic carbocycles. The molecule has 1 unspecified atom stereocenters. The van der Waals surface area contributed by atoms with E-state index >= 15 is 0 Å². The first-order valence-corrected chi connectivity index (χ1v) is 10.0. The van der Waals surface area contributed by atoms with Crippen LogP contribution in [-0.4, -0.2) is 38.3 Å². The van der Waals surface area contributed by atoms with Gasteiger partial charge in [0.15, 0.2) is 0 Å². The van der Waals surface area contributed by atoms with Crippen LogP contribution in [0.15, 0.2) is 67.1 Å². The van der Waals surface area contributed by atoms with Gasteiger partial charge in [0.05, 0.1) is 19.9 Å². The van der Waals surface area contributed by atoms with Crippen molar-refractivity contribution in [1.82, 2.24) is 10.3 Å². The molecule has 178 valence electrons. The lowest BCUT2D eigenvalue weighted by atomic mass is 10.0. The summed E-state index contributed by atoms with van der Waals surface area (Å²) in [5.41, 5.74) is 2.71. The summed E-state index contributed by atoms with van der Waals surface area (Å²) in [7, 11) is 2.93. The van der Waals surface area contributed by atoms with Crippen molar-refractivity contribution in [3.63, 3.8) is 0 Å². The first kappa shape index (κ1) is 28.9. The molecular weight excluding hydrogens is 416 g/mol. The van der Waals surface area contributed by atoms with Gasteiger partial charge in [0, 0.05) is 18.2 Å². The number of benzene rings is 1. The van der Waals surface area contributed by atoms with Gasteiger partial charge < -0.3 is 14.8 Å². The van der Waals surface area contributed by atoms with Crippen LogP contribution in [0.3, 0.4) is 0 Å². The summed E-state index contributed by atoms with van der Waals surface area (Å²) in [5, 5.41) is 3.89. The molecule has 0 heterocycles. The Balaban J connectivity index is 0.00000118. The summed E-state index contributed by atoms with van der Waals surface area (Å²) in [6.45, 7) is 12.7. The largest absolute Gasteiger partial charge is 0.497 e. The number of alkyl halides is 2. The highest BCUT2D eigenvalue weighted by atomic mass is 19.3. The number of halogens is 2. The second-order valence-corrected chi connectivity index (χ2v) is 6.82. The fourth-order valence-electron chi connectivity index (χ4n) is 2.39. The molecule has 0 bridgehead atoms. The van der Waals surface area contributed by atoms with Gasteiger partial charge in [0.25, 0.3) is 0 Å². The number of carbonyl (C=O) groups is 1. The van der Waals surface area contributed by atoms with Gasteiger partial charge in [0.2, 0.25) is 6.43 Å². The fraction of sp³-hybridized carbons (Fsp3) is 0.375. The van der Waals surface area contributed by atoms with Crippen LogP contribution in [0.25, 0.3) is 5.70 Å². The second-order valence-electron chi connectivity index (χ2n) is 6.82. The van der Waals surface area contributed by atoms with Crippen LogP contribution in [0.2, 0.25) is 0 Å². The highest BCUT2D eigenvalue weighted by molar-refractivity contribution is 5.67. The van der Waals surface area contributed by atoms with Crippen molar-refractivity contribution >= 4 is 11.8 Å². The average molecular weight is 452 g/mol. The highest BCUT2D eigenvalue weighted by Gasteiger charge is 2.17. The number of ether oxygens (including phenoxy) is 2. The van der Waals surface area contributed by atoms with Crippen molar-refractivity contribution in [2.24, 2.45) is 11.8 Å². The van der Waals surface area contributed by atoms with Gasteiger partial charge in [-0.25, -0.2) is 19.4 Å². The van der Waals surface area contributed by atoms with Gasteiger partial charge >= 0.3 is 6.09 Å². The van der Waals surface area contributed by atoms with Crippen molar-refractivity contribution in [2.45, 2.75) is 33.6 Å². The molecule has 32 heavy (non-hydrogen) atoms. The molecule has 0 aromatic heterocycles. The van der Waals surface area contributed by atoms with E-state index in [1.807, 2.05) is 25.1 Å². The summed E-state index contributed by atoms with van der Waals surface area (Å²) in [6, 6.07) is 7.34. The Morgan fingerprint density at radius 3 is 2.22 bits per heavy atom. The first-order valence-electron chi connectivity index (χ1n) is 10.0. The molecule has 1 atom stereocenters. The van der Waals surface area contributed by atoms with E-state index in [0.717, 1.165) is 11.3 Å². The minimum absolute atomic E-state index is 0.436. The van der Waals surface area contributed by atoms with Crippen LogP contribution >= 0.6 is 0 Å². The lowest BCUT2D eigenvalue weighted by molar-refractivity contribution is 0.108. The molecule has 0 aliphatic rings. The zero-order valence-electron chi connectivity index (χ0n) is 19.5. The average Bonchev–Trinajstić information content (AvgIpc) is 2.78. The van der Waals surface area contributed by atoms with Gasteiger partial charge in [-0.1, -0.05) is 50.4 Å². The van der Waals surface area contributed by atoms with E-state index in [0.29, 0.717) is 29.9 Å². The van der Waals surface area contributed by atoms with E-state index in [1.165, 1.54) is 25.1 Å². The standard InChI is InChI=1S/C18H25F2N3O2.C6H10O/c1-12(2)23(21)16(11-13(3)17(19)20)15-7-5-14(6-8-15)9-10-22-18(24)25-4;1-4-6(5-2)7-3/h5-8,11,13,17H,1,9-10,21H2,2-4H3,(H,22,24);4-5H,1H2,2-3H3/b16-11-;6-5+. The summed E-state index contributed by atoms with van der Waals surface area (Å²) in [5.74, 6) is 5.85. The van der Waals surface area contributed by atoms with Crippen molar-refractivity contribution in [3.05, 3.63) is 78.2 Å². The Morgan fingerprint density at radius 2 is 1.84 bits per heavy atom. The van der Waals surface area contributed by atoms with Gasteiger partial charge in [-0.05, 0) is 43.5 Å². The molecule has 0 saturated heterocycles. The fourth-order valence-corrected chi connectivity index (χ4v) is 2.39. The molecule has 8 heteroatoms. The summed E-state index contributed by atoms with van der Waals surface area (Å²) in [4.78, 5) is 11.0. The number of methoxy groups -OCH3 is 2. The molecule has 6 nitrogen and oxygen atoms in total. The normalized spacial score (nSPS) is 12.3. The molecular formula is C24H35F2N3O3. The maximum atomic E-state index is 12.9. The number of alkyl carbamates (subject to hydrolysis) is 1. The molecule has 1 aromatic rings. The van der Waals surface area contributed by atoms with Crippen LogP contribution in [0.5, 0.6) is 0 Å². The summed E-state index contributed by atoms with van der Waals surface area (Å²) in [6.07, 6.45) is 2.62. The van der Waals surface area contributed by atoms with Crippen LogP contribution < -0.4 is 11.2 Å². The lowest BCUT2D eigenvalue weighted by Crippen LogP contribution is -2.28. The van der Waals surface area contributed by atoms with Crippen LogP contribution in [-0.2, 0) is 15.9 Å². The van der Waals surface area contributed by atoms with Crippen LogP contribution in [0, 0.1) is 5.92 Å². The van der Waals surface area contributed by atoms with Gasteiger partial charge in [-0.2, -0.15) is 0 Å². The monoisotopic (exact) mass is 451 g/mol. The number of amides is 1. The molecule has 0 saturated carbocycles. The molecule has 0 radical (unpaired) electrons. The maximum Gasteiger partial charge on any atom is 0.406 e. The summed E-state index contributed by atoms with van der Waals surface area (Å²) >= 11 is 0. The zero-order valence-corrected chi connectivity index (χ0v) is 19.5. The number of carbonyl (C=O) groups excluding carboxylic acids is 1. The van der Waals surface area contributed by atoms with Crippen molar-refractivity contribution < 1.29 is 23.0 Å². The predicted molar refractivity (Wildman–Crippen MR) is 126 cm³/mol. The van der Waals surface area contributed by atoms with Gasteiger partial charge in [-0.15, -0.1) is 0 Å². The molecule has 0 fully saturated rings. The van der Waals surface area contributed by atoms with E-state index in [2.05, 4.69) is 23.2 Å². The molecule has 0 aliphatic heterocycles. The third-order valence-electron chi connectivity index (χ3n) is 4.33. The van der Waals surface area contributed by atoms with Crippen molar-refractivity contribution in [3.8, 4) is 0 Å². The first-order chi connectivity index (χ1) is 15.1. The smallest absolute Gasteiger partial charge is 0.406 e. The predicted octanol–water partition coefficient (Wildman–Crippen LogP) is 5.26. The third-order valence-corrected chi connectivity index (χ3v) is 4.33. The number of hydrogen-bond acceptors (Lipinski definition) is 5. The number of nitrogens with two attached hydrogens (primary N) is 1. The quantitative estimate of drug-likeness (QED) is 0.220. The van der Waals surface area contributed by atoms with Gasteiger partial charge in [-0.3, -0.25) is 5.01 Å². The molecule has 1 rings (SSSR count). The van der Waals surface area contributed by atoms with Crippen molar-refractivity contribution in [2.75, 3.05) is 20.8 Å². The minimum Gasteiger partial charge on any atom is -0.497 e. The topological polar surface area (TPSA) is 76.8 Å². The van der Waals surface area contributed by atoms with E-state index in [-0.39, 0.29) is 0 Å². The molecule has 0 spiro atoms. The Labute approximate surface area is 190 Å². The molecule has 1 amide bonds. The maximum absolute atomic E-state index is 12.9. The van der Waals surface area contributed by atoms with Crippen LogP contribution in [0.4, 0.5) is 13.6 Å². The zero-order chi connectivity index (χ0) is 24.7. The van der Waals surface area contributed by atoms with E-state index < -0.39 is 18.4 Å². The highest BCUT2D eigenvalue weighted by Crippen LogP contribution is 2.24. The van der Waals surface area contributed by atoms with E-state index in [4.69, 9.17) is 10.6 Å². The number of rotatable bonds is 10. The van der Waals surface area contributed by atoms with E-state index in [1.54, 1.807) is 32.2 Å². The van der Waals surface area contributed by atoms with Gasteiger partial charge in [0.1, 0.15) is 5.76 Å². The number of hydrogen-bond donors (Lipinski definition) is 2. The number of hydrazine groups is 1. The summed E-state index contributed by atoms with van der Waals surface area (Å²) < 4.78 is 35.1. The third kappa shape index (κ3) is 10.8.